The van der Waals surface area contributed by atoms with E-state index in [1.807, 2.05) is 30.3 Å². The van der Waals surface area contributed by atoms with Gasteiger partial charge in [-0.15, -0.1) is 0 Å². The molecule has 1 amide bonds. The molecule has 0 bridgehead atoms. The minimum atomic E-state index is 0.0553. The number of aromatic nitrogens is 4. The highest BCUT2D eigenvalue weighted by Gasteiger charge is 2.23. The molecule has 0 spiro atoms. The summed E-state index contributed by atoms with van der Waals surface area (Å²) in [5.74, 6) is 0.416. The van der Waals surface area contributed by atoms with E-state index in [0.717, 1.165) is 34.6 Å². The van der Waals surface area contributed by atoms with Crippen LogP contribution in [0.4, 0.5) is 0 Å². The van der Waals surface area contributed by atoms with Gasteiger partial charge in [0.1, 0.15) is 11.4 Å². The first-order chi connectivity index (χ1) is 11.3. The van der Waals surface area contributed by atoms with E-state index >= 15 is 0 Å². The van der Waals surface area contributed by atoms with Gasteiger partial charge in [-0.05, 0) is 25.0 Å². The second kappa shape index (κ2) is 6.00. The van der Waals surface area contributed by atoms with Crippen LogP contribution in [0.1, 0.15) is 12.8 Å². The minimum absolute atomic E-state index is 0.0553. The normalized spacial score (nSPS) is 14.1. The highest BCUT2D eigenvalue weighted by Crippen LogP contribution is 2.26. The van der Waals surface area contributed by atoms with E-state index in [-0.39, 0.29) is 5.91 Å². The highest BCUT2D eigenvalue weighted by molar-refractivity contribution is 8.00. The molecule has 0 saturated heterocycles. The standard InChI is InChI=1S/C16H15N5OS/c22-14(20-11-6-7-11)9-23-16-13-8-19-21(15(13)17-10-18-16)12-4-2-1-3-5-12/h1-5,8,10-11H,6-7,9H2,(H,20,22). The van der Waals surface area contributed by atoms with Gasteiger partial charge < -0.3 is 5.32 Å². The Morgan fingerprint density at radius 3 is 2.87 bits per heavy atom. The first-order valence-corrected chi connectivity index (χ1v) is 8.46. The van der Waals surface area contributed by atoms with Crippen LogP contribution in [0.25, 0.3) is 16.7 Å². The maximum absolute atomic E-state index is 11.8. The van der Waals surface area contributed by atoms with Gasteiger partial charge in [0.15, 0.2) is 5.65 Å². The third-order valence-electron chi connectivity index (χ3n) is 3.61. The van der Waals surface area contributed by atoms with Gasteiger partial charge in [-0.2, -0.15) is 5.10 Å². The first kappa shape index (κ1) is 14.2. The zero-order chi connectivity index (χ0) is 15.6. The topological polar surface area (TPSA) is 72.7 Å². The molecule has 2 heterocycles. The lowest BCUT2D eigenvalue weighted by molar-refractivity contribution is -0.118. The van der Waals surface area contributed by atoms with Crippen LogP contribution < -0.4 is 5.32 Å². The number of thioether (sulfide) groups is 1. The van der Waals surface area contributed by atoms with E-state index in [0.29, 0.717) is 11.8 Å². The molecule has 1 saturated carbocycles. The summed E-state index contributed by atoms with van der Waals surface area (Å²) in [6.45, 7) is 0. The number of nitrogens with zero attached hydrogens (tertiary/aromatic N) is 4. The molecule has 0 atom stereocenters. The summed E-state index contributed by atoms with van der Waals surface area (Å²) in [4.78, 5) is 20.5. The quantitative estimate of drug-likeness (QED) is 0.575. The molecule has 2 aromatic heterocycles. The Labute approximate surface area is 137 Å². The highest BCUT2D eigenvalue weighted by atomic mass is 32.2. The van der Waals surface area contributed by atoms with Crippen molar-refractivity contribution in [3.05, 3.63) is 42.9 Å². The van der Waals surface area contributed by atoms with Crippen LogP contribution in [0, 0.1) is 0 Å². The molecule has 1 aromatic carbocycles. The molecule has 0 radical (unpaired) electrons. The van der Waals surface area contributed by atoms with Crippen molar-refractivity contribution >= 4 is 28.7 Å². The second-order valence-electron chi connectivity index (χ2n) is 5.44. The Bertz CT molecular complexity index is 844. The Morgan fingerprint density at radius 2 is 2.09 bits per heavy atom. The molecule has 1 aliphatic rings. The zero-order valence-corrected chi connectivity index (χ0v) is 13.2. The average molecular weight is 325 g/mol. The fourth-order valence-corrected chi connectivity index (χ4v) is 3.10. The number of carbonyl (C=O) groups excluding carboxylic acids is 1. The van der Waals surface area contributed by atoms with E-state index in [1.165, 1.54) is 18.1 Å². The summed E-state index contributed by atoms with van der Waals surface area (Å²) >= 11 is 1.42. The second-order valence-corrected chi connectivity index (χ2v) is 6.40. The van der Waals surface area contributed by atoms with Crippen LogP contribution in [0.5, 0.6) is 0 Å². The van der Waals surface area contributed by atoms with Gasteiger partial charge in [0.25, 0.3) is 0 Å². The number of fused-ring (bicyclic) bond motifs is 1. The lowest BCUT2D eigenvalue weighted by Gasteiger charge is -2.04. The summed E-state index contributed by atoms with van der Waals surface area (Å²) < 4.78 is 1.78. The molecule has 1 N–H and O–H groups in total. The number of para-hydroxylation sites is 1. The molecule has 116 valence electrons. The van der Waals surface area contributed by atoms with Crippen molar-refractivity contribution < 1.29 is 4.79 Å². The van der Waals surface area contributed by atoms with Crippen LogP contribution in [-0.4, -0.2) is 37.5 Å². The maximum atomic E-state index is 11.8. The minimum Gasteiger partial charge on any atom is -0.353 e. The molecule has 0 unspecified atom stereocenters. The van der Waals surface area contributed by atoms with Gasteiger partial charge in [-0.3, -0.25) is 4.79 Å². The van der Waals surface area contributed by atoms with Gasteiger partial charge >= 0.3 is 0 Å². The van der Waals surface area contributed by atoms with E-state index in [4.69, 9.17) is 0 Å². The SMILES string of the molecule is O=C(CSc1ncnc2c1cnn2-c1ccccc1)NC1CC1. The molecule has 6 nitrogen and oxygen atoms in total. The third-order valence-corrected chi connectivity index (χ3v) is 4.62. The molecular weight excluding hydrogens is 310 g/mol. The molecular formula is C16H15N5OS. The zero-order valence-electron chi connectivity index (χ0n) is 12.3. The Morgan fingerprint density at radius 1 is 1.26 bits per heavy atom. The van der Waals surface area contributed by atoms with E-state index < -0.39 is 0 Å². The lowest BCUT2D eigenvalue weighted by atomic mass is 10.3. The average Bonchev–Trinajstić information content (AvgIpc) is 3.28. The number of carbonyl (C=O) groups is 1. The molecule has 0 aliphatic heterocycles. The number of hydrogen-bond donors (Lipinski definition) is 1. The van der Waals surface area contributed by atoms with Crippen molar-refractivity contribution in [3.8, 4) is 5.69 Å². The fraction of sp³-hybridized carbons (Fsp3) is 0.250. The van der Waals surface area contributed by atoms with Crippen LogP contribution in [0.2, 0.25) is 0 Å². The van der Waals surface area contributed by atoms with E-state index in [1.54, 1.807) is 10.9 Å². The van der Waals surface area contributed by atoms with Gasteiger partial charge in [-0.25, -0.2) is 14.6 Å². The first-order valence-electron chi connectivity index (χ1n) is 7.47. The van der Waals surface area contributed by atoms with Crippen molar-refractivity contribution in [2.75, 3.05) is 5.75 Å². The summed E-state index contributed by atoms with van der Waals surface area (Å²) in [6, 6.07) is 10.2. The Kier molecular flexibility index (Phi) is 3.70. The van der Waals surface area contributed by atoms with E-state index in [2.05, 4.69) is 20.4 Å². The monoisotopic (exact) mass is 325 g/mol. The van der Waals surface area contributed by atoms with Gasteiger partial charge in [0.2, 0.25) is 5.91 Å². The van der Waals surface area contributed by atoms with Crippen LogP contribution >= 0.6 is 11.8 Å². The van der Waals surface area contributed by atoms with Crippen molar-refractivity contribution in [1.82, 2.24) is 25.1 Å². The number of hydrogen-bond acceptors (Lipinski definition) is 5. The van der Waals surface area contributed by atoms with E-state index in [9.17, 15) is 4.79 Å². The van der Waals surface area contributed by atoms with Gasteiger partial charge in [-0.1, -0.05) is 30.0 Å². The lowest BCUT2D eigenvalue weighted by Crippen LogP contribution is -2.27. The largest absolute Gasteiger partial charge is 0.353 e. The van der Waals surface area contributed by atoms with Crippen LogP contribution in [0.3, 0.4) is 0 Å². The van der Waals surface area contributed by atoms with Crippen molar-refractivity contribution in [3.63, 3.8) is 0 Å². The van der Waals surface area contributed by atoms with Crippen molar-refractivity contribution in [1.29, 1.82) is 0 Å². The van der Waals surface area contributed by atoms with Crippen LogP contribution in [-0.2, 0) is 4.79 Å². The summed E-state index contributed by atoms with van der Waals surface area (Å²) in [7, 11) is 0. The Hall–Kier alpha value is -2.41. The molecule has 3 aromatic rings. The predicted molar refractivity (Wildman–Crippen MR) is 88.5 cm³/mol. The Balaban J connectivity index is 1.58. The van der Waals surface area contributed by atoms with Gasteiger partial charge in [0.05, 0.1) is 23.0 Å². The smallest absolute Gasteiger partial charge is 0.230 e. The van der Waals surface area contributed by atoms with Crippen molar-refractivity contribution in [2.45, 2.75) is 23.9 Å². The van der Waals surface area contributed by atoms with Gasteiger partial charge in [0, 0.05) is 6.04 Å². The molecule has 1 aliphatic carbocycles. The summed E-state index contributed by atoms with van der Waals surface area (Å²) in [5, 5.41) is 9.03. The summed E-state index contributed by atoms with van der Waals surface area (Å²) in [6.07, 6.45) is 5.46. The fourth-order valence-electron chi connectivity index (χ4n) is 2.33. The summed E-state index contributed by atoms with van der Waals surface area (Å²) in [5.41, 5.74) is 1.69. The third kappa shape index (κ3) is 3.05. The number of amides is 1. The molecule has 1 fully saturated rings. The number of benzene rings is 1. The maximum Gasteiger partial charge on any atom is 0.230 e. The van der Waals surface area contributed by atoms with Crippen LogP contribution in [0.15, 0.2) is 47.9 Å². The number of rotatable bonds is 5. The van der Waals surface area contributed by atoms with Crippen molar-refractivity contribution in [2.24, 2.45) is 0 Å². The molecule has 4 rings (SSSR count). The molecule has 7 heteroatoms. The predicted octanol–water partition coefficient (Wildman–Crippen LogP) is 2.19. The number of nitrogens with one attached hydrogen (secondary N) is 1. The molecule has 23 heavy (non-hydrogen) atoms.